The first-order valence-corrected chi connectivity index (χ1v) is 8.92. The van der Waals surface area contributed by atoms with Crippen LogP contribution in [0.25, 0.3) is 0 Å². The molecule has 4 heteroatoms. The predicted octanol–water partition coefficient (Wildman–Crippen LogP) is 2.82. The molecule has 3 nitrogen and oxygen atoms in total. The van der Waals surface area contributed by atoms with Crippen LogP contribution >= 0.6 is 0 Å². The summed E-state index contributed by atoms with van der Waals surface area (Å²) in [5.41, 5.74) is 0. The molecule has 0 fully saturated rings. The Kier molecular flexibility index (Phi) is 6.13. The van der Waals surface area contributed by atoms with Crippen LogP contribution in [0.5, 0.6) is 0 Å². The molecule has 90 valence electrons. The molecule has 0 radical (unpaired) electrons. The van der Waals surface area contributed by atoms with Gasteiger partial charge in [-0.15, -0.1) is 0 Å². The van der Waals surface area contributed by atoms with Gasteiger partial charge < -0.3 is 9.16 Å². The van der Waals surface area contributed by atoms with E-state index in [4.69, 9.17) is 9.16 Å². The third kappa shape index (κ3) is 9.94. The molecule has 0 N–H and O–H groups in total. The van der Waals surface area contributed by atoms with E-state index in [1.54, 1.807) is 0 Å². The van der Waals surface area contributed by atoms with Crippen molar-refractivity contribution in [2.45, 2.75) is 52.9 Å². The molecular weight excluding hydrogens is 208 g/mol. The molecule has 0 aromatic carbocycles. The zero-order chi connectivity index (χ0) is 12.1. The van der Waals surface area contributed by atoms with Gasteiger partial charge in [0, 0.05) is 13.5 Å². The molecular formula is C11H24O3Si. The van der Waals surface area contributed by atoms with Gasteiger partial charge in [-0.1, -0.05) is 6.92 Å². The maximum absolute atomic E-state index is 10.7. The van der Waals surface area contributed by atoms with E-state index in [-0.39, 0.29) is 12.1 Å². The van der Waals surface area contributed by atoms with Crippen molar-refractivity contribution < 1.29 is 14.0 Å². The average Bonchev–Trinajstić information content (AvgIpc) is 1.97. The summed E-state index contributed by atoms with van der Waals surface area (Å²) in [6.07, 6.45) is 0.854. The van der Waals surface area contributed by atoms with E-state index in [9.17, 15) is 4.79 Å². The van der Waals surface area contributed by atoms with Crippen LogP contribution in [-0.4, -0.2) is 27.0 Å². The Balaban J connectivity index is 3.73. The topological polar surface area (TPSA) is 35.5 Å². The van der Waals surface area contributed by atoms with Gasteiger partial charge in [-0.3, -0.25) is 4.79 Å². The largest absolute Gasteiger partial charge is 0.463 e. The normalized spacial score (nSPS) is 15.9. The smallest absolute Gasteiger partial charge is 0.302 e. The highest BCUT2D eigenvalue weighted by molar-refractivity contribution is 6.69. The van der Waals surface area contributed by atoms with Crippen LogP contribution in [0, 0.1) is 5.92 Å². The molecule has 2 atom stereocenters. The first-order chi connectivity index (χ1) is 6.70. The van der Waals surface area contributed by atoms with Crippen molar-refractivity contribution >= 4 is 14.3 Å². The van der Waals surface area contributed by atoms with Gasteiger partial charge in [-0.25, -0.2) is 0 Å². The Bertz CT molecular complexity index is 198. The summed E-state index contributed by atoms with van der Waals surface area (Å²) >= 11 is 0. The summed E-state index contributed by atoms with van der Waals surface area (Å²) in [4.78, 5) is 10.7. The molecule has 0 spiro atoms. The Hall–Kier alpha value is -0.353. The van der Waals surface area contributed by atoms with Gasteiger partial charge >= 0.3 is 5.97 Å². The van der Waals surface area contributed by atoms with Crippen LogP contribution in [0.4, 0.5) is 0 Å². The van der Waals surface area contributed by atoms with E-state index < -0.39 is 8.32 Å². The van der Waals surface area contributed by atoms with E-state index >= 15 is 0 Å². The molecule has 0 heterocycles. The minimum atomic E-state index is -1.41. The van der Waals surface area contributed by atoms with Crippen molar-refractivity contribution in [3.05, 3.63) is 0 Å². The number of rotatable bonds is 6. The number of hydrogen-bond donors (Lipinski definition) is 0. The van der Waals surface area contributed by atoms with Crippen molar-refractivity contribution in [1.29, 1.82) is 0 Å². The van der Waals surface area contributed by atoms with Crippen LogP contribution in [0.2, 0.25) is 19.6 Å². The minimum Gasteiger partial charge on any atom is -0.463 e. The van der Waals surface area contributed by atoms with Gasteiger partial charge in [0.2, 0.25) is 0 Å². The lowest BCUT2D eigenvalue weighted by molar-refractivity contribution is -0.146. The van der Waals surface area contributed by atoms with E-state index in [1.165, 1.54) is 6.92 Å². The average molecular weight is 232 g/mol. The molecule has 0 aliphatic heterocycles. The second-order valence-electron chi connectivity index (χ2n) is 5.18. The molecule has 0 amide bonds. The standard InChI is InChI=1S/C11H24O3Si/c1-9(8-13-15(4,5)6)7-10(2)14-11(3)12/h9-10H,7-8H2,1-6H3/t9-,10+/m0/s1. The summed E-state index contributed by atoms with van der Waals surface area (Å²) in [5.74, 6) is 0.229. The first kappa shape index (κ1) is 14.6. The molecule has 0 bridgehead atoms. The monoisotopic (exact) mass is 232 g/mol. The van der Waals surface area contributed by atoms with Gasteiger partial charge in [0.05, 0.1) is 6.10 Å². The van der Waals surface area contributed by atoms with E-state index in [0.717, 1.165) is 13.0 Å². The fourth-order valence-corrected chi connectivity index (χ4v) is 2.14. The number of carbonyl (C=O) groups excluding carboxylic acids is 1. The van der Waals surface area contributed by atoms with Gasteiger partial charge in [0.25, 0.3) is 0 Å². The summed E-state index contributed by atoms with van der Waals surface area (Å²) in [6.45, 7) is 12.8. The maximum atomic E-state index is 10.7. The Morgan fingerprint density at radius 3 is 2.20 bits per heavy atom. The second kappa shape index (κ2) is 6.28. The predicted molar refractivity (Wildman–Crippen MR) is 64.3 cm³/mol. The van der Waals surface area contributed by atoms with Crippen molar-refractivity contribution in [1.82, 2.24) is 0 Å². The van der Waals surface area contributed by atoms with E-state index in [2.05, 4.69) is 26.6 Å². The molecule has 0 aromatic rings. The summed E-state index contributed by atoms with van der Waals surface area (Å²) < 4.78 is 10.9. The van der Waals surface area contributed by atoms with Gasteiger partial charge in [-0.2, -0.15) is 0 Å². The first-order valence-electron chi connectivity index (χ1n) is 5.52. The lowest BCUT2D eigenvalue weighted by Crippen LogP contribution is -2.29. The molecule has 0 aromatic heterocycles. The summed E-state index contributed by atoms with van der Waals surface area (Å²) in [7, 11) is -1.41. The summed E-state index contributed by atoms with van der Waals surface area (Å²) in [6, 6.07) is 0. The fraction of sp³-hybridized carbons (Fsp3) is 0.909. The second-order valence-corrected chi connectivity index (χ2v) is 9.70. The highest BCUT2D eigenvalue weighted by Gasteiger charge is 2.17. The molecule has 15 heavy (non-hydrogen) atoms. The van der Waals surface area contributed by atoms with E-state index in [0.29, 0.717) is 5.92 Å². The van der Waals surface area contributed by atoms with Gasteiger partial charge in [-0.05, 0) is 38.9 Å². The number of hydrogen-bond acceptors (Lipinski definition) is 3. The minimum absolute atomic E-state index is 0.0114. The zero-order valence-corrected chi connectivity index (χ0v) is 11.8. The van der Waals surface area contributed by atoms with Gasteiger partial charge in [0.15, 0.2) is 8.32 Å². The lowest BCUT2D eigenvalue weighted by atomic mass is 10.1. The quantitative estimate of drug-likeness (QED) is 0.522. The SMILES string of the molecule is CC(=O)O[C@H](C)C[C@H](C)CO[Si](C)(C)C. The van der Waals surface area contributed by atoms with Crippen molar-refractivity contribution in [3.63, 3.8) is 0 Å². The van der Waals surface area contributed by atoms with Gasteiger partial charge in [0.1, 0.15) is 0 Å². The zero-order valence-electron chi connectivity index (χ0n) is 10.8. The molecule has 0 saturated carbocycles. The molecule has 0 rings (SSSR count). The maximum Gasteiger partial charge on any atom is 0.302 e. The van der Waals surface area contributed by atoms with Crippen LogP contribution in [0.1, 0.15) is 27.2 Å². The molecule has 0 aliphatic carbocycles. The van der Waals surface area contributed by atoms with Crippen LogP contribution in [0.3, 0.4) is 0 Å². The Morgan fingerprint density at radius 1 is 1.27 bits per heavy atom. The number of carbonyl (C=O) groups is 1. The van der Waals surface area contributed by atoms with Crippen molar-refractivity contribution in [2.24, 2.45) is 5.92 Å². The third-order valence-electron chi connectivity index (χ3n) is 1.90. The molecule has 0 saturated heterocycles. The summed E-state index contributed by atoms with van der Waals surface area (Å²) in [5, 5.41) is 0. The molecule has 0 unspecified atom stereocenters. The highest BCUT2D eigenvalue weighted by atomic mass is 28.4. The van der Waals surface area contributed by atoms with E-state index in [1.807, 2.05) is 6.92 Å². The Labute approximate surface area is 94.3 Å². The lowest BCUT2D eigenvalue weighted by Gasteiger charge is -2.22. The molecule has 0 aliphatic rings. The van der Waals surface area contributed by atoms with Crippen LogP contribution in [-0.2, 0) is 14.0 Å². The number of esters is 1. The van der Waals surface area contributed by atoms with Crippen molar-refractivity contribution in [2.75, 3.05) is 6.61 Å². The fourth-order valence-electron chi connectivity index (χ4n) is 1.36. The van der Waals surface area contributed by atoms with Crippen LogP contribution in [0.15, 0.2) is 0 Å². The van der Waals surface area contributed by atoms with Crippen LogP contribution < -0.4 is 0 Å². The number of ether oxygens (including phenoxy) is 1. The third-order valence-corrected chi connectivity index (χ3v) is 2.94. The highest BCUT2D eigenvalue weighted by Crippen LogP contribution is 2.12. The van der Waals surface area contributed by atoms with Crippen molar-refractivity contribution in [3.8, 4) is 0 Å². The Morgan fingerprint density at radius 2 is 1.80 bits per heavy atom.